The van der Waals surface area contributed by atoms with Crippen molar-refractivity contribution in [3.05, 3.63) is 49.1 Å². The Morgan fingerprint density at radius 2 is 1.48 bits per heavy atom. The van der Waals surface area contributed by atoms with Crippen LogP contribution < -0.4 is 5.11 Å². The molecule has 0 fully saturated rings. The quantitative estimate of drug-likeness (QED) is 0.365. The van der Waals surface area contributed by atoms with Gasteiger partial charge in [-0.2, -0.15) is 0 Å². The smallest absolute Gasteiger partial charge is 0.332 e. The van der Waals surface area contributed by atoms with E-state index < -0.39 is 11.9 Å². The second kappa shape index (κ2) is 22.9. The van der Waals surface area contributed by atoms with Crippen LogP contribution in [-0.2, 0) is 28.7 Å². The molecule has 0 aliphatic carbocycles. The lowest BCUT2D eigenvalue weighted by Crippen LogP contribution is -2.23. The zero-order valence-electron chi connectivity index (χ0n) is 18.0. The van der Waals surface area contributed by atoms with E-state index in [4.69, 9.17) is 5.11 Å². The lowest BCUT2D eigenvalue weighted by molar-refractivity contribution is -0.299. The van der Waals surface area contributed by atoms with Crippen molar-refractivity contribution < 1.29 is 38.9 Å². The summed E-state index contributed by atoms with van der Waals surface area (Å²) in [6, 6.07) is 0. The molecule has 8 heteroatoms. The topological polar surface area (TPSA) is 130 Å². The molecule has 166 valence electrons. The van der Waals surface area contributed by atoms with Crippen LogP contribution in [0.1, 0.15) is 47.0 Å². The molecule has 0 aliphatic rings. The van der Waals surface area contributed by atoms with Crippen molar-refractivity contribution in [1.29, 1.82) is 0 Å². The fourth-order valence-corrected chi connectivity index (χ4v) is 0.695. The van der Waals surface area contributed by atoms with Crippen LogP contribution >= 0.6 is 0 Å². The zero-order valence-corrected chi connectivity index (χ0v) is 18.0. The molecule has 0 aliphatic heterocycles. The van der Waals surface area contributed by atoms with Crippen LogP contribution in [-0.4, -0.2) is 42.7 Å². The average molecular weight is 413 g/mol. The van der Waals surface area contributed by atoms with E-state index in [1.165, 1.54) is 20.1 Å². The fraction of sp³-hybridized carbons (Fsp3) is 0.429. The number of unbranched alkanes of at least 4 members (excludes halogenated alkanes) is 1. The Bertz CT molecular complexity index is 535. The summed E-state index contributed by atoms with van der Waals surface area (Å²) in [4.78, 5) is 39.9. The number of carboxylic acid groups (broad SMARTS) is 2. The van der Waals surface area contributed by atoms with Gasteiger partial charge in [0.05, 0.1) is 19.7 Å². The Morgan fingerprint density at radius 1 is 1.03 bits per heavy atom. The van der Waals surface area contributed by atoms with Crippen molar-refractivity contribution >= 4 is 23.9 Å². The minimum absolute atomic E-state index is 0.153. The van der Waals surface area contributed by atoms with Gasteiger partial charge >= 0.3 is 17.9 Å². The maximum Gasteiger partial charge on any atom is 0.332 e. The second-order valence-electron chi connectivity index (χ2n) is 5.33. The molecule has 0 bridgehead atoms. The molecule has 0 radical (unpaired) electrons. The number of esters is 2. The van der Waals surface area contributed by atoms with Gasteiger partial charge in [0.1, 0.15) is 0 Å². The van der Waals surface area contributed by atoms with Crippen molar-refractivity contribution in [2.24, 2.45) is 0 Å². The third kappa shape index (κ3) is 32.9. The number of carbonyl (C=O) groups is 4. The van der Waals surface area contributed by atoms with E-state index in [-0.39, 0.29) is 23.1 Å². The Kier molecular flexibility index (Phi) is 26.4. The molecule has 0 heterocycles. The van der Waals surface area contributed by atoms with Crippen LogP contribution in [0.2, 0.25) is 0 Å². The molecule has 0 amide bonds. The van der Waals surface area contributed by atoms with E-state index in [1.54, 1.807) is 13.8 Å². The first-order valence-corrected chi connectivity index (χ1v) is 8.62. The summed E-state index contributed by atoms with van der Waals surface area (Å²) in [6.07, 6.45) is 3.61. The largest absolute Gasteiger partial charge is 0.545 e. The highest BCUT2D eigenvalue weighted by molar-refractivity contribution is 5.86. The molecule has 0 aromatic carbocycles. The molecule has 0 spiro atoms. The highest BCUT2D eigenvalue weighted by atomic mass is 16.5. The molecule has 0 aromatic rings. The summed E-state index contributed by atoms with van der Waals surface area (Å²) in [7, 11) is 1.33. The normalized spacial score (nSPS) is 8.03. The van der Waals surface area contributed by atoms with E-state index in [2.05, 4.69) is 35.8 Å². The molecule has 0 saturated carbocycles. The highest BCUT2D eigenvalue weighted by Crippen LogP contribution is 1.91. The fourth-order valence-electron chi connectivity index (χ4n) is 0.695. The summed E-state index contributed by atoms with van der Waals surface area (Å²) in [5, 5.41) is 17.6. The highest BCUT2D eigenvalue weighted by Gasteiger charge is 1.95. The number of methoxy groups -OCH3 is 1. The second-order valence-corrected chi connectivity index (χ2v) is 5.33. The summed E-state index contributed by atoms with van der Waals surface area (Å²) < 4.78 is 8.95. The molecule has 0 atom stereocenters. The zero-order chi connectivity index (χ0) is 24.0. The SMILES string of the molecule is C=C(C)C(=O)O.C=C(C)C(=O)OC.C=C(CC)C(=O)[O-].C=CC(=O)OCCCC. The first-order chi connectivity index (χ1) is 13.3. The average Bonchev–Trinajstić information content (AvgIpc) is 2.67. The molecule has 1 N–H and O–H groups in total. The monoisotopic (exact) mass is 413 g/mol. The van der Waals surface area contributed by atoms with Gasteiger partial charge in [-0.25, -0.2) is 14.4 Å². The Hall–Kier alpha value is -3.16. The Labute approximate surface area is 173 Å². The molecule has 29 heavy (non-hydrogen) atoms. The van der Waals surface area contributed by atoms with E-state index >= 15 is 0 Å². The van der Waals surface area contributed by atoms with Crippen molar-refractivity contribution in [3.8, 4) is 0 Å². The molecular formula is C21H33O8-. The molecule has 0 saturated heterocycles. The van der Waals surface area contributed by atoms with Gasteiger partial charge in [0, 0.05) is 17.2 Å². The molecular weight excluding hydrogens is 380 g/mol. The first kappa shape index (κ1) is 33.4. The summed E-state index contributed by atoms with van der Waals surface area (Å²) >= 11 is 0. The van der Waals surface area contributed by atoms with Crippen molar-refractivity contribution in [2.45, 2.75) is 47.0 Å². The number of ether oxygens (including phenoxy) is 2. The Balaban J connectivity index is -0.000000145. The lowest BCUT2D eigenvalue weighted by Gasteiger charge is -1.98. The maximum absolute atomic E-state index is 10.3. The number of hydrogen-bond donors (Lipinski definition) is 1. The standard InChI is InChI=1S/C7H12O2.2C5H8O2.C4H6O2/c1-3-5-6-9-7(8)4-2;1-4(2)5(6)7-3;1-3-4(2)5(6)7;1-3(2)4(5)6/h4H,2-3,5-6H2,1H3;1H2,2-3H3;2-3H2,1H3,(H,6,7);1H2,2H3,(H,5,6)/p-1. The predicted octanol–water partition coefficient (Wildman–Crippen LogP) is 2.60. The number of carbonyl (C=O) groups excluding carboxylic acids is 3. The van der Waals surface area contributed by atoms with E-state index in [9.17, 15) is 24.3 Å². The van der Waals surface area contributed by atoms with Gasteiger partial charge in [-0.1, -0.05) is 46.6 Å². The minimum atomic E-state index is -1.15. The minimum Gasteiger partial charge on any atom is -0.545 e. The van der Waals surface area contributed by atoms with Crippen LogP contribution in [0, 0.1) is 0 Å². The van der Waals surface area contributed by atoms with Gasteiger partial charge in [0.15, 0.2) is 0 Å². The van der Waals surface area contributed by atoms with Gasteiger partial charge in [-0.3, -0.25) is 0 Å². The van der Waals surface area contributed by atoms with Gasteiger partial charge < -0.3 is 24.5 Å². The number of hydrogen-bond acceptors (Lipinski definition) is 7. The number of rotatable bonds is 8. The van der Waals surface area contributed by atoms with Gasteiger partial charge in [0.2, 0.25) is 0 Å². The van der Waals surface area contributed by atoms with Crippen LogP contribution in [0.15, 0.2) is 49.1 Å². The summed E-state index contributed by atoms with van der Waals surface area (Å²) in [5.74, 6) is -2.76. The molecule has 0 aromatic heterocycles. The van der Waals surface area contributed by atoms with Crippen molar-refractivity contribution in [3.63, 3.8) is 0 Å². The van der Waals surface area contributed by atoms with Gasteiger partial charge in [0.25, 0.3) is 0 Å². The first-order valence-electron chi connectivity index (χ1n) is 8.62. The third-order valence-corrected chi connectivity index (χ3v) is 2.52. The molecule has 0 rings (SSSR count). The predicted molar refractivity (Wildman–Crippen MR) is 110 cm³/mol. The Morgan fingerprint density at radius 3 is 1.62 bits per heavy atom. The van der Waals surface area contributed by atoms with E-state index in [1.807, 2.05) is 6.92 Å². The van der Waals surface area contributed by atoms with E-state index in [0.29, 0.717) is 18.6 Å². The lowest BCUT2D eigenvalue weighted by atomic mass is 10.2. The van der Waals surface area contributed by atoms with Crippen LogP contribution in [0.3, 0.4) is 0 Å². The number of aliphatic carboxylic acids is 2. The van der Waals surface area contributed by atoms with E-state index in [0.717, 1.165) is 12.8 Å². The summed E-state index contributed by atoms with van der Waals surface area (Å²) in [6.45, 7) is 20.3. The van der Waals surface area contributed by atoms with Gasteiger partial charge in [-0.15, -0.1) is 0 Å². The molecule has 0 unspecified atom stereocenters. The van der Waals surface area contributed by atoms with Crippen LogP contribution in [0.4, 0.5) is 0 Å². The van der Waals surface area contributed by atoms with Crippen molar-refractivity contribution in [1.82, 2.24) is 0 Å². The number of carboxylic acids is 2. The summed E-state index contributed by atoms with van der Waals surface area (Å²) in [5.41, 5.74) is 0.762. The third-order valence-electron chi connectivity index (χ3n) is 2.52. The van der Waals surface area contributed by atoms with Crippen molar-refractivity contribution in [2.75, 3.05) is 13.7 Å². The molecule has 8 nitrogen and oxygen atoms in total. The van der Waals surface area contributed by atoms with Crippen LogP contribution in [0.25, 0.3) is 0 Å². The maximum atomic E-state index is 10.3. The van der Waals surface area contributed by atoms with Gasteiger partial charge in [-0.05, 0) is 32.3 Å². The van der Waals surface area contributed by atoms with Crippen LogP contribution in [0.5, 0.6) is 0 Å².